The van der Waals surface area contributed by atoms with Gasteiger partial charge in [-0.2, -0.15) is 4.98 Å². The average molecular weight is 493 g/mol. The summed E-state index contributed by atoms with van der Waals surface area (Å²) in [5.41, 5.74) is 0.175. The zero-order chi connectivity index (χ0) is 23.6. The Bertz CT molecular complexity index is 1220. The van der Waals surface area contributed by atoms with Crippen LogP contribution < -0.4 is 9.62 Å². The minimum absolute atomic E-state index is 0.122. The van der Waals surface area contributed by atoms with Crippen LogP contribution in [0.1, 0.15) is 19.7 Å². The highest BCUT2D eigenvalue weighted by atomic mass is 32.2. The predicted octanol–water partition coefficient (Wildman–Crippen LogP) is 2.72. The van der Waals surface area contributed by atoms with Gasteiger partial charge < -0.3 is 9.42 Å². The number of benzene rings is 1. The summed E-state index contributed by atoms with van der Waals surface area (Å²) in [5, 5.41) is 17.7. The second-order valence-corrected chi connectivity index (χ2v) is 10.6. The number of aromatic nitrogens is 2. The molecule has 2 aromatic heterocycles. The number of rotatable bonds is 8. The van der Waals surface area contributed by atoms with E-state index >= 15 is 0 Å². The fourth-order valence-electron chi connectivity index (χ4n) is 3.63. The smallest absolute Gasteiger partial charge is 0.293 e. The molecular formula is C20H24N6O5S2. The van der Waals surface area contributed by atoms with Gasteiger partial charge in [0.25, 0.3) is 5.69 Å². The molecule has 1 saturated heterocycles. The summed E-state index contributed by atoms with van der Waals surface area (Å²) in [6.07, 6.45) is 0. The maximum Gasteiger partial charge on any atom is 0.293 e. The second kappa shape index (κ2) is 9.55. The van der Waals surface area contributed by atoms with Gasteiger partial charge in [0, 0.05) is 38.3 Å². The Morgan fingerprint density at radius 3 is 2.64 bits per heavy atom. The molecule has 1 aliphatic heterocycles. The summed E-state index contributed by atoms with van der Waals surface area (Å²) < 4.78 is 32.7. The molecule has 1 fully saturated rings. The largest absolute Gasteiger partial charge is 0.363 e. The lowest BCUT2D eigenvalue weighted by atomic mass is 10.2. The number of nitro benzene ring substituents is 1. The van der Waals surface area contributed by atoms with Crippen LogP contribution in [0.25, 0.3) is 10.7 Å². The summed E-state index contributed by atoms with van der Waals surface area (Å²) in [4.78, 5) is 20.4. The first-order valence-corrected chi connectivity index (χ1v) is 12.7. The third-order valence-electron chi connectivity index (χ3n) is 5.13. The summed E-state index contributed by atoms with van der Waals surface area (Å²) in [6.45, 7) is 6.25. The van der Waals surface area contributed by atoms with Crippen LogP contribution >= 0.6 is 11.3 Å². The molecule has 4 rings (SSSR count). The van der Waals surface area contributed by atoms with Gasteiger partial charge in [0.15, 0.2) is 0 Å². The number of thiophene rings is 1. The van der Waals surface area contributed by atoms with Crippen molar-refractivity contribution in [3.63, 3.8) is 0 Å². The van der Waals surface area contributed by atoms with Crippen molar-refractivity contribution in [1.29, 1.82) is 0 Å². The van der Waals surface area contributed by atoms with Crippen molar-refractivity contribution in [3.05, 3.63) is 51.7 Å². The van der Waals surface area contributed by atoms with Gasteiger partial charge in [-0.15, -0.1) is 11.3 Å². The minimum Gasteiger partial charge on any atom is -0.363 e. The highest BCUT2D eigenvalue weighted by Gasteiger charge is 2.27. The zero-order valence-electron chi connectivity index (χ0n) is 18.2. The van der Waals surface area contributed by atoms with Gasteiger partial charge in [-0.1, -0.05) is 11.2 Å². The molecule has 0 atom stereocenters. The van der Waals surface area contributed by atoms with E-state index in [1.54, 1.807) is 25.2 Å². The van der Waals surface area contributed by atoms with Crippen molar-refractivity contribution in [2.45, 2.75) is 31.3 Å². The maximum atomic E-state index is 12.4. The fourth-order valence-corrected chi connectivity index (χ4v) is 5.55. The van der Waals surface area contributed by atoms with E-state index < -0.39 is 14.9 Å². The monoisotopic (exact) mass is 492 g/mol. The molecule has 0 radical (unpaired) electrons. The molecule has 176 valence electrons. The van der Waals surface area contributed by atoms with Gasteiger partial charge >= 0.3 is 0 Å². The average Bonchev–Trinajstić information content (AvgIpc) is 3.45. The quantitative estimate of drug-likeness (QED) is 0.372. The standard InChI is InChI=1S/C20H24N6O5S2/c1-14(2)23-33(29,30)15-5-6-16(17(12-15)26(27)28)25-9-7-24(8-10-25)13-19-21-20(22-31-19)18-4-3-11-32-18/h3-6,11-12,14,23H,7-10,13H2,1-2H3. The van der Waals surface area contributed by atoms with Crippen LogP contribution in [0, 0.1) is 10.1 Å². The van der Waals surface area contributed by atoms with Gasteiger partial charge in [-0.3, -0.25) is 15.0 Å². The van der Waals surface area contributed by atoms with Crippen LogP contribution in [0.5, 0.6) is 0 Å². The molecule has 0 amide bonds. The van der Waals surface area contributed by atoms with Crippen molar-refractivity contribution in [2.75, 3.05) is 31.1 Å². The van der Waals surface area contributed by atoms with Crippen LogP contribution in [-0.2, 0) is 16.6 Å². The van der Waals surface area contributed by atoms with Gasteiger partial charge in [0.1, 0.15) is 5.69 Å². The lowest BCUT2D eigenvalue weighted by molar-refractivity contribution is -0.384. The number of sulfonamides is 1. The van der Waals surface area contributed by atoms with Crippen LogP contribution in [0.4, 0.5) is 11.4 Å². The molecule has 0 aliphatic carbocycles. The second-order valence-electron chi connectivity index (χ2n) is 7.94. The Morgan fingerprint density at radius 2 is 2.00 bits per heavy atom. The molecule has 1 aromatic carbocycles. The van der Waals surface area contributed by atoms with Crippen molar-refractivity contribution >= 4 is 32.7 Å². The maximum absolute atomic E-state index is 12.4. The molecule has 11 nitrogen and oxygen atoms in total. The first kappa shape index (κ1) is 23.3. The van der Waals surface area contributed by atoms with E-state index in [1.165, 1.54) is 12.1 Å². The molecular weight excluding hydrogens is 468 g/mol. The molecule has 0 bridgehead atoms. The number of nitro groups is 1. The van der Waals surface area contributed by atoms with E-state index in [2.05, 4.69) is 19.8 Å². The number of piperazine rings is 1. The van der Waals surface area contributed by atoms with E-state index in [1.807, 2.05) is 22.4 Å². The highest BCUT2D eigenvalue weighted by molar-refractivity contribution is 7.89. The summed E-state index contributed by atoms with van der Waals surface area (Å²) >= 11 is 1.54. The molecule has 3 heterocycles. The van der Waals surface area contributed by atoms with Crippen LogP contribution in [0.2, 0.25) is 0 Å². The SMILES string of the molecule is CC(C)NS(=O)(=O)c1ccc(N2CCN(Cc3nc(-c4cccs4)no3)CC2)c([N+](=O)[O-])c1. The van der Waals surface area contributed by atoms with E-state index in [0.29, 0.717) is 50.1 Å². The lowest BCUT2D eigenvalue weighted by Crippen LogP contribution is -2.46. The Balaban J connectivity index is 1.43. The summed E-state index contributed by atoms with van der Waals surface area (Å²) in [7, 11) is -3.82. The van der Waals surface area contributed by atoms with Crippen LogP contribution in [0.3, 0.4) is 0 Å². The predicted molar refractivity (Wildman–Crippen MR) is 124 cm³/mol. The topological polar surface area (TPSA) is 135 Å². The number of nitrogens with one attached hydrogen (secondary N) is 1. The van der Waals surface area contributed by atoms with Crippen molar-refractivity contribution in [2.24, 2.45) is 0 Å². The van der Waals surface area contributed by atoms with E-state index in [-0.39, 0.29) is 16.6 Å². The highest BCUT2D eigenvalue weighted by Crippen LogP contribution is 2.32. The Kier molecular flexibility index (Phi) is 6.74. The normalized spacial score (nSPS) is 15.3. The molecule has 3 aromatic rings. The number of nitrogens with zero attached hydrogens (tertiary/aromatic N) is 5. The van der Waals surface area contributed by atoms with E-state index in [4.69, 9.17) is 4.52 Å². The van der Waals surface area contributed by atoms with Gasteiger partial charge in [-0.25, -0.2) is 13.1 Å². The summed E-state index contributed by atoms with van der Waals surface area (Å²) in [6, 6.07) is 7.58. The third-order valence-corrected chi connectivity index (χ3v) is 7.65. The Morgan fingerprint density at radius 1 is 1.24 bits per heavy atom. The summed E-state index contributed by atoms with van der Waals surface area (Å²) in [5.74, 6) is 1.08. The third kappa shape index (κ3) is 5.38. The van der Waals surface area contributed by atoms with E-state index in [0.717, 1.165) is 10.9 Å². The van der Waals surface area contributed by atoms with Gasteiger partial charge in [0.2, 0.25) is 21.7 Å². The van der Waals surface area contributed by atoms with Crippen molar-refractivity contribution in [3.8, 4) is 10.7 Å². The first-order valence-electron chi connectivity index (χ1n) is 10.4. The van der Waals surface area contributed by atoms with Crippen LogP contribution in [-0.4, -0.2) is 60.6 Å². The molecule has 33 heavy (non-hydrogen) atoms. The van der Waals surface area contributed by atoms with Gasteiger partial charge in [0.05, 0.1) is 21.2 Å². The lowest BCUT2D eigenvalue weighted by Gasteiger charge is -2.35. The molecule has 0 unspecified atom stereocenters. The number of hydrogen-bond acceptors (Lipinski definition) is 10. The minimum atomic E-state index is -3.82. The molecule has 13 heteroatoms. The molecule has 1 N–H and O–H groups in total. The molecule has 1 aliphatic rings. The zero-order valence-corrected chi connectivity index (χ0v) is 19.8. The van der Waals surface area contributed by atoms with Crippen LogP contribution in [0.15, 0.2) is 45.1 Å². The van der Waals surface area contributed by atoms with Crippen molar-refractivity contribution < 1.29 is 17.9 Å². The molecule has 0 spiro atoms. The van der Waals surface area contributed by atoms with E-state index in [9.17, 15) is 18.5 Å². The van der Waals surface area contributed by atoms with Crippen molar-refractivity contribution in [1.82, 2.24) is 19.8 Å². The van der Waals surface area contributed by atoms with Gasteiger partial charge in [-0.05, 0) is 37.4 Å². The fraction of sp³-hybridized carbons (Fsp3) is 0.400. The number of hydrogen-bond donors (Lipinski definition) is 1. The Hall–Kier alpha value is -2.87. The first-order chi connectivity index (χ1) is 15.7. The number of anilines is 1. The molecule has 0 saturated carbocycles. The Labute approximate surface area is 195 Å².